The molecular weight excluding hydrogens is 468 g/mol. The molecule has 2 saturated heterocycles. The Labute approximate surface area is 200 Å². The molecule has 0 radical (unpaired) electrons. The lowest BCUT2D eigenvalue weighted by atomic mass is 9.73. The number of sulfone groups is 1. The topological polar surface area (TPSA) is 189 Å². The van der Waals surface area contributed by atoms with Crippen LogP contribution in [-0.4, -0.2) is 65.4 Å². The van der Waals surface area contributed by atoms with E-state index < -0.39 is 66.8 Å². The molecule has 2 aliphatic rings. The Morgan fingerprint density at radius 1 is 1.29 bits per heavy atom. The molecule has 2 rings (SSSR count). The largest absolute Gasteiger partial charge is 0.455 e. The molecule has 0 aromatic rings. The van der Waals surface area contributed by atoms with Crippen molar-refractivity contribution in [2.24, 2.45) is 17.4 Å². The number of rotatable bonds is 7. The van der Waals surface area contributed by atoms with Crippen LogP contribution in [0.1, 0.15) is 54.9 Å². The monoisotopic (exact) mass is 504 g/mol. The van der Waals surface area contributed by atoms with Gasteiger partial charge in [-0.15, -0.1) is 12.1 Å². The molecule has 0 spiro atoms. The standard InChI is InChI=1S/C21H36N4O8S/c1-9-12(10-11(2)3)34(29,30)21-14(13(22)15(26)33-25-21)31-16(27)20(21,23)19(7,8)24-17(28)32-18(4,5)6/h9,11-14,25H,1,10,22-23H2,2-8H3,(H,24,28)/t12-,13+,14+,20-,21-/m1/s1. The molecule has 0 saturated carbocycles. The van der Waals surface area contributed by atoms with Gasteiger partial charge in [0.1, 0.15) is 11.6 Å². The predicted molar refractivity (Wildman–Crippen MR) is 123 cm³/mol. The molecule has 2 aliphatic heterocycles. The van der Waals surface area contributed by atoms with Gasteiger partial charge in [0.15, 0.2) is 21.5 Å². The molecule has 2 fully saturated rings. The highest BCUT2D eigenvalue weighted by molar-refractivity contribution is 7.93. The van der Waals surface area contributed by atoms with Crippen LogP contribution in [-0.2, 0) is 33.7 Å². The highest BCUT2D eigenvalue weighted by Gasteiger charge is 2.82. The number of ether oxygens (including phenoxy) is 2. The number of amides is 1. The van der Waals surface area contributed by atoms with Crippen molar-refractivity contribution < 1.29 is 37.1 Å². The second kappa shape index (κ2) is 8.77. The quantitative estimate of drug-likeness (QED) is 0.208. The molecule has 0 bridgehead atoms. The van der Waals surface area contributed by atoms with E-state index in [0.717, 1.165) is 0 Å². The Kier molecular flexibility index (Phi) is 7.23. The van der Waals surface area contributed by atoms with Crippen molar-refractivity contribution in [3.8, 4) is 0 Å². The van der Waals surface area contributed by atoms with Crippen molar-refractivity contribution >= 4 is 27.9 Å². The normalized spacial score (nSPS) is 30.8. The van der Waals surface area contributed by atoms with Crippen molar-refractivity contribution in [1.82, 2.24) is 10.8 Å². The van der Waals surface area contributed by atoms with E-state index >= 15 is 0 Å². The van der Waals surface area contributed by atoms with Gasteiger partial charge in [-0.05, 0) is 47.0 Å². The molecule has 0 unspecified atom stereocenters. The molecule has 13 heteroatoms. The van der Waals surface area contributed by atoms with Crippen LogP contribution >= 0.6 is 0 Å². The maximum atomic E-state index is 14.2. The molecule has 0 aromatic carbocycles. The van der Waals surface area contributed by atoms with Gasteiger partial charge in [0.05, 0.1) is 10.8 Å². The van der Waals surface area contributed by atoms with Gasteiger partial charge in [0.25, 0.3) is 0 Å². The van der Waals surface area contributed by atoms with Crippen LogP contribution < -0.4 is 22.3 Å². The number of hydrogen-bond donors (Lipinski definition) is 4. The van der Waals surface area contributed by atoms with Gasteiger partial charge in [-0.3, -0.25) is 0 Å². The first-order valence-electron chi connectivity index (χ1n) is 10.9. The summed E-state index contributed by atoms with van der Waals surface area (Å²) in [6.45, 7) is 14.8. The fraction of sp³-hybridized carbons (Fsp3) is 0.762. The summed E-state index contributed by atoms with van der Waals surface area (Å²) in [5, 5.41) is 1.26. The van der Waals surface area contributed by atoms with Gasteiger partial charge in [-0.1, -0.05) is 19.9 Å². The zero-order valence-corrected chi connectivity index (χ0v) is 21.4. The average Bonchev–Trinajstić information content (AvgIpc) is 2.91. The molecule has 1 amide bonds. The summed E-state index contributed by atoms with van der Waals surface area (Å²) in [6.07, 6.45) is -1.37. The molecule has 2 heterocycles. The van der Waals surface area contributed by atoms with Gasteiger partial charge in [-0.25, -0.2) is 22.8 Å². The number of hydroxylamine groups is 1. The Morgan fingerprint density at radius 3 is 2.32 bits per heavy atom. The lowest BCUT2D eigenvalue weighted by Gasteiger charge is -2.51. The van der Waals surface area contributed by atoms with Crippen LogP contribution in [0.5, 0.6) is 0 Å². The highest BCUT2D eigenvalue weighted by atomic mass is 32.2. The lowest BCUT2D eigenvalue weighted by Crippen LogP contribution is -2.87. The van der Waals surface area contributed by atoms with Crippen LogP contribution in [0.15, 0.2) is 12.7 Å². The van der Waals surface area contributed by atoms with Gasteiger partial charge in [0, 0.05) is 0 Å². The Bertz CT molecular complexity index is 974. The van der Waals surface area contributed by atoms with Gasteiger partial charge in [0.2, 0.25) is 4.87 Å². The minimum atomic E-state index is -4.57. The summed E-state index contributed by atoms with van der Waals surface area (Å²) in [7, 11) is -4.57. The number of alkyl carbamates (subject to hydrolysis) is 1. The number of fused-ring (bicyclic) bond motifs is 1. The smallest absolute Gasteiger partial charge is 0.408 e. The molecule has 0 aromatic heterocycles. The molecule has 6 N–H and O–H groups in total. The van der Waals surface area contributed by atoms with E-state index in [4.69, 9.17) is 25.8 Å². The minimum absolute atomic E-state index is 0.0921. The SMILES string of the molecule is C=C[C@H](CC(C)C)S(=O)(=O)[C@]12NOC(=O)[C@@H](N)[C@@H]1OC(=O)[C@@]2(N)C(C)(C)NC(=O)OC(C)(C)C. The van der Waals surface area contributed by atoms with E-state index in [1.165, 1.54) is 19.9 Å². The molecule has 194 valence electrons. The third-order valence-electron chi connectivity index (χ3n) is 6.06. The van der Waals surface area contributed by atoms with Crippen LogP contribution in [0.25, 0.3) is 0 Å². The van der Waals surface area contributed by atoms with Crippen LogP contribution in [0.4, 0.5) is 4.79 Å². The summed E-state index contributed by atoms with van der Waals surface area (Å²) < 4.78 is 39.0. The third kappa shape index (κ3) is 4.18. The number of carbonyl (C=O) groups excluding carboxylic acids is 3. The summed E-state index contributed by atoms with van der Waals surface area (Å²) in [5.74, 6) is -2.33. The van der Waals surface area contributed by atoms with E-state index in [0.29, 0.717) is 0 Å². The van der Waals surface area contributed by atoms with Gasteiger partial charge >= 0.3 is 18.0 Å². The van der Waals surface area contributed by atoms with Crippen LogP contribution in [0, 0.1) is 5.92 Å². The van der Waals surface area contributed by atoms with E-state index in [2.05, 4.69) is 17.4 Å². The number of nitrogens with two attached hydrogens (primary N) is 2. The van der Waals surface area contributed by atoms with E-state index in [9.17, 15) is 22.8 Å². The van der Waals surface area contributed by atoms with E-state index in [1.807, 2.05) is 0 Å². The Balaban J connectivity index is 2.76. The van der Waals surface area contributed by atoms with Crippen LogP contribution in [0.2, 0.25) is 0 Å². The Hall–Kier alpha value is -2.22. The highest BCUT2D eigenvalue weighted by Crippen LogP contribution is 2.49. The maximum absolute atomic E-state index is 14.2. The zero-order chi connectivity index (χ0) is 26.5. The van der Waals surface area contributed by atoms with Crippen molar-refractivity contribution in [3.63, 3.8) is 0 Å². The predicted octanol–water partition coefficient (Wildman–Crippen LogP) is 0.0131. The molecule has 5 atom stereocenters. The van der Waals surface area contributed by atoms with Crippen LogP contribution in [0.3, 0.4) is 0 Å². The third-order valence-corrected chi connectivity index (χ3v) is 8.77. The average molecular weight is 505 g/mol. The summed E-state index contributed by atoms with van der Waals surface area (Å²) in [6, 6.07) is -1.66. The summed E-state index contributed by atoms with van der Waals surface area (Å²) in [4.78, 5) is 40.5. The first-order chi connectivity index (χ1) is 15.3. The minimum Gasteiger partial charge on any atom is -0.455 e. The van der Waals surface area contributed by atoms with E-state index in [1.54, 1.807) is 34.6 Å². The number of esters is 1. The molecular formula is C21H36N4O8S. The zero-order valence-electron chi connectivity index (χ0n) is 20.6. The van der Waals surface area contributed by atoms with Crippen molar-refractivity contribution in [2.45, 2.75) is 93.8 Å². The second-order valence-corrected chi connectivity index (χ2v) is 13.0. The first kappa shape index (κ1) is 28.0. The van der Waals surface area contributed by atoms with E-state index in [-0.39, 0.29) is 12.3 Å². The Morgan fingerprint density at radius 2 is 1.85 bits per heavy atom. The first-order valence-corrected chi connectivity index (χ1v) is 12.4. The summed E-state index contributed by atoms with van der Waals surface area (Å²) in [5.41, 5.74) is 9.58. The molecule has 12 nitrogen and oxygen atoms in total. The van der Waals surface area contributed by atoms with Crippen molar-refractivity contribution in [3.05, 3.63) is 12.7 Å². The van der Waals surface area contributed by atoms with Crippen molar-refractivity contribution in [1.29, 1.82) is 0 Å². The maximum Gasteiger partial charge on any atom is 0.408 e. The number of carbonyl (C=O) groups is 3. The molecule has 34 heavy (non-hydrogen) atoms. The fourth-order valence-electron chi connectivity index (χ4n) is 4.32. The molecule has 0 aliphatic carbocycles. The van der Waals surface area contributed by atoms with Gasteiger partial charge in [-0.2, -0.15) is 0 Å². The van der Waals surface area contributed by atoms with Crippen molar-refractivity contribution in [2.75, 3.05) is 0 Å². The second-order valence-electron chi connectivity index (χ2n) is 10.6. The summed E-state index contributed by atoms with van der Waals surface area (Å²) >= 11 is 0. The lowest BCUT2D eigenvalue weighted by molar-refractivity contribution is -0.172. The fourth-order valence-corrected chi connectivity index (χ4v) is 7.16. The number of nitrogens with one attached hydrogen (secondary N) is 2. The van der Waals surface area contributed by atoms with Gasteiger partial charge < -0.3 is 31.1 Å². The number of hydrogen-bond acceptors (Lipinski definition) is 11.